The van der Waals surface area contributed by atoms with Crippen molar-refractivity contribution in [3.8, 4) is 0 Å². The lowest BCUT2D eigenvalue weighted by atomic mass is 9.66. The zero-order valence-corrected chi connectivity index (χ0v) is 26.3. The number of aliphatic hydroxyl groups is 1. The summed E-state index contributed by atoms with van der Waals surface area (Å²) >= 11 is 0. The summed E-state index contributed by atoms with van der Waals surface area (Å²) in [4.78, 5) is 48.0. The number of likely N-dealkylation sites (tertiary alicyclic amines) is 1. The van der Waals surface area contributed by atoms with Gasteiger partial charge in [0.2, 0.25) is 5.91 Å². The number of ether oxygens (including phenoxy) is 2. The van der Waals surface area contributed by atoms with E-state index in [0.29, 0.717) is 31.4 Å². The van der Waals surface area contributed by atoms with Gasteiger partial charge in [-0.3, -0.25) is 14.4 Å². The first-order valence-corrected chi connectivity index (χ1v) is 15.9. The quantitative estimate of drug-likeness (QED) is 0.171. The topological polar surface area (TPSA) is 99.6 Å². The summed E-state index contributed by atoms with van der Waals surface area (Å²) in [7, 11) is 0. The molecule has 43 heavy (non-hydrogen) atoms. The standard InChI is InChI=1S/C34H49N3O6/c1-7-12-13-14-22-42-32(41)28-27-30(39)37(24(9-3)23-38)29(34(27)20-19-33(28,6)43-34)31(40)36(21-8-2)26-17-15-25(16-18-26)35(10-4)11-5/h7-8,15-18,24,27-29,38H,1-2,9-14,19-23H2,3-6H3/t24-,27-,28-,29?,33+,34?/m0/s1. The molecule has 1 aromatic carbocycles. The first-order valence-electron chi connectivity index (χ1n) is 15.9. The average Bonchev–Trinajstić information content (AvgIpc) is 3.58. The molecule has 1 N–H and O–H groups in total. The van der Waals surface area contributed by atoms with Crippen LogP contribution in [0.5, 0.6) is 0 Å². The van der Waals surface area contributed by atoms with Gasteiger partial charge in [-0.2, -0.15) is 0 Å². The van der Waals surface area contributed by atoms with E-state index >= 15 is 0 Å². The van der Waals surface area contributed by atoms with Crippen LogP contribution in [-0.2, 0) is 23.9 Å². The lowest BCUT2D eigenvalue weighted by Gasteiger charge is -2.39. The molecule has 0 aromatic heterocycles. The Morgan fingerprint density at radius 1 is 1.12 bits per heavy atom. The number of anilines is 2. The van der Waals surface area contributed by atoms with E-state index in [2.05, 4.69) is 31.9 Å². The van der Waals surface area contributed by atoms with Gasteiger partial charge in [0.05, 0.1) is 30.8 Å². The van der Waals surface area contributed by atoms with Gasteiger partial charge in [-0.25, -0.2) is 0 Å². The van der Waals surface area contributed by atoms with Crippen LogP contribution in [0.2, 0.25) is 0 Å². The second kappa shape index (κ2) is 13.6. The van der Waals surface area contributed by atoms with Gasteiger partial charge in [0.15, 0.2) is 0 Å². The zero-order chi connectivity index (χ0) is 31.4. The molecule has 2 bridgehead atoms. The molecule has 3 saturated heterocycles. The van der Waals surface area contributed by atoms with Crippen LogP contribution >= 0.6 is 0 Å². The summed E-state index contributed by atoms with van der Waals surface area (Å²) < 4.78 is 12.4. The molecule has 4 rings (SSSR count). The number of allylic oxidation sites excluding steroid dienone is 1. The SMILES string of the molecule is C=CCCCCOC(=O)[C@@H]1[C@H]2C(=O)N([C@@H](CC)CO)C(C(=O)N(CC=C)c3ccc(N(CC)CC)cc3)C23CC[C@@]1(C)O3. The number of carbonyl (C=O) groups is 3. The third kappa shape index (κ3) is 5.74. The third-order valence-electron chi connectivity index (χ3n) is 9.69. The molecule has 1 spiro atoms. The van der Waals surface area contributed by atoms with E-state index in [-0.39, 0.29) is 31.6 Å². The summed E-state index contributed by atoms with van der Waals surface area (Å²) in [6.07, 6.45) is 7.33. The van der Waals surface area contributed by atoms with E-state index in [1.807, 2.05) is 44.2 Å². The molecular formula is C34H49N3O6. The summed E-state index contributed by atoms with van der Waals surface area (Å²) in [6, 6.07) is 6.21. The third-order valence-corrected chi connectivity index (χ3v) is 9.69. The van der Waals surface area contributed by atoms with Crippen LogP contribution in [0.1, 0.15) is 66.2 Å². The van der Waals surface area contributed by atoms with Crippen molar-refractivity contribution >= 4 is 29.2 Å². The number of hydrogen-bond acceptors (Lipinski definition) is 7. The molecular weight excluding hydrogens is 546 g/mol. The van der Waals surface area contributed by atoms with Gasteiger partial charge in [0.25, 0.3) is 5.91 Å². The molecule has 1 aromatic rings. The molecule has 3 aliphatic heterocycles. The van der Waals surface area contributed by atoms with E-state index in [1.54, 1.807) is 11.0 Å². The van der Waals surface area contributed by atoms with Crippen molar-refractivity contribution in [1.82, 2.24) is 4.90 Å². The predicted octanol–water partition coefficient (Wildman–Crippen LogP) is 4.49. The number of carbonyl (C=O) groups excluding carboxylic acids is 3. The normalized spacial score (nSPS) is 28.0. The number of aliphatic hydroxyl groups excluding tert-OH is 1. The Morgan fingerprint density at radius 3 is 2.37 bits per heavy atom. The van der Waals surface area contributed by atoms with Crippen LogP contribution in [0.15, 0.2) is 49.6 Å². The Morgan fingerprint density at radius 2 is 1.79 bits per heavy atom. The maximum Gasteiger partial charge on any atom is 0.312 e. The second-order valence-electron chi connectivity index (χ2n) is 12.1. The number of hydrogen-bond donors (Lipinski definition) is 1. The van der Waals surface area contributed by atoms with Crippen LogP contribution in [0.3, 0.4) is 0 Å². The Kier molecular flexibility index (Phi) is 10.4. The van der Waals surface area contributed by atoms with E-state index in [9.17, 15) is 19.5 Å². The van der Waals surface area contributed by atoms with Gasteiger partial charge in [-0.1, -0.05) is 19.1 Å². The number of rotatable bonds is 16. The number of nitrogens with zero attached hydrogens (tertiary/aromatic N) is 3. The summed E-state index contributed by atoms with van der Waals surface area (Å²) in [5.41, 5.74) is -0.379. The van der Waals surface area contributed by atoms with Crippen molar-refractivity contribution in [1.29, 1.82) is 0 Å². The van der Waals surface area contributed by atoms with Crippen molar-refractivity contribution in [3.63, 3.8) is 0 Å². The van der Waals surface area contributed by atoms with Gasteiger partial charge < -0.3 is 29.3 Å². The fraction of sp³-hybridized carbons (Fsp3) is 0.618. The summed E-state index contributed by atoms with van der Waals surface area (Å²) in [6.45, 7) is 17.5. The predicted molar refractivity (Wildman–Crippen MR) is 168 cm³/mol. The van der Waals surface area contributed by atoms with Gasteiger partial charge >= 0.3 is 5.97 Å². The lowest BCUT2D eigenvalue weighted by Crippen LogP contribution is -2.59. The summed E-state index contributed by atoms with van der Waals surface area (Å²) in [5, 5.41) is 10.4. The minimum absolute atomic E-state index is 0.228. The van der Waals surface area contributed by atoms with E-state index < -0.39 is 41.1 Å². The molecule has 0 aliphatic carbocycles. The van der Waals surface area contributed by atoms with Crippen LogP contribution in [0.4, 0.5) is 11.4 Å². The maximum atomic E-state index is 14.7. The largest absolute Gasteiger partial charge is 0.465 e. The smallest absolute Gasteiger partial charge is 0.312 e. The van der Waals surface area contributed by atoms with Crippen LogP contribution in [0.25, 0.3) is 0 Å². The number of esters is 1. The molecule has 3 fully saturated rings. The highest BCUT2D eigenvalue weighted by Crippen LogP contribution is 2.63. The molecule has 9 heteroatoms. The highest BCUT2D eigenvalue weighted by Gasteiger charge is 2.79. The Hall–Kier alpha value is -3.17. The van der Waals surface area contributed by atoms with Gasteiger partial charge in [-0.05, 0) is 83.6 Å². The molecule has 2 amide bonds. The van der Waals surface area contributed by atoms with E-state index in [4.69, 9.17) is 9.47 Å². The van der Waals surface area contributed by atoms with Crippen molar-refractivity contribution in [2.75, 3.05) is 42.6 Å². The lowest BCUT2D eigenvalue weighted by molar-refractivity contribution is -0.160. The van der Waals surface area contributed by atoms with Crippen molar-refractivity contribution < 1.29 is 29.0 Å². The highest BCUT2D eigenvalue weighted by molar-refractivity contribution is 6.05. The molecule has 3 heterocycles. The van der Waals surface area contributed by atoms with Crippen molar-refractivity contribution in [2.24, 2.45) is 11.8 Å². The fourth-order valence-electron chi connectivity index (χ4n) is 7.49. The number of unbranched alkanes of at least 4 members (excludes halogenated alkanes) is 2. The van der Waals surface area contributed by atoms with E-state index in [0.717, 1.165) is 31.6 Å². The fourth-order valence-corrected chi connectivity index (χ4v) is 7.49. The molecule has 2 unspecified atom stereocenters. The Labute approximate surface area is 256 Å². The number of amides is 2. The molecule has 236 valence electrons. The number of fused-ring (bicyclic) bond motifs is 1. The van der Waals surface area contributed by atoms with Crippen LogP contribution < -0.4 is 9.80 Å². The van der Waals surface area contributed by atoms with Crippen molar-refractivity contribution in [2.45, 2.75) is 89.5 Å². The summed E-state index contributed by atoms with van der Waals surface area (Å²) in [5.74, 6) is -2.78. The highest BCUT2D eigenvalue weighted by atomic mass is 16.6. The number of benzene rings is 1. The second-order valence-corrected chi connectivity index (χ2v) is 12.1. The minimum atomic E-state index is -1.20. The molecule has 9 nitrogen and oxygen atoms in total. The minimum Gasteiger partial charge on any atom is -0.465 e. The molecule has 3 aliphatic rings. The zero-order valence-electron chi connectivity index (χ0n) is 26.3. The van der Waals surface area contributed by atoms with Crippen LogP contribution in [-0.4, -0.2) is 83.9 Å². The van der Waals surface area contributed by atoms with E-state index in [1.165, 1.54) is 4.90 Å². The molecule has 6 atom stereocenters. The Balaban J connectivity index is 1.71. The van der Waals surface area contributed by atoms with Crippen molar-refractivity contribution in [3.05, 3.63) is 49.6 Å². The molecule has 0 radical (unpaired) electrons. The van der Waals surface area contributed by atoms with Crippen LogP contribution in [0, 0.1) is 11.8 Å². The first kappa shape index (κ1) is 32.7. The Bertz CT molecular complexity index is 1180. The van der Waals surface area contributed by atoms with Gasteiger partial charge in [-0.15, -0.1) is 13.2 Å². The van der Waals surface area contributed by atoms with Gasteiger partial charge in [0.1, 0.15) is 17.6 Å². The average molecular weight is 596 g/mol. The maximum absolute atomic E-state index is 14.7. The first-order chi connectivity index (χ1) is 20.7. The monoisotopic (exact) mass is 595 g/mol. The van der Waals surface area contributed by atoms with Gasteiger partial charge in [0, 0.05) is 31.0 Å². The molecule has 0 saturated carbocycles.